The quantitative estimate of drug-likeness (QED) is 0.886. The van der Waals surface area contributed by atoms with Crippen LogP contribution in [0.4, 0.5) is 0 Å². The summed E-state index contributed by atoms with van der Waals surface area (Å²) in [4.78, 5) is 2.44. The first-order chi connectivity index (χ1) is 9.17. The maximum Gasteiger partial charge on any atom is 0.120 e. The third-order valence-electron chi connectivity index (χ3n) is 3.81. The maximum atomic E-state index is 9.14. The van der Waals surface area contributed by atoms with E-state index in [0.29, 0.717) is 12.5 Å². The summed E-state index contributed by atoms with van der Waals surface area (Å²) in [5.41, 5.74) is 1.23. The molecule has 0 bridgehead atoms. The summed E-state index contributed by atoms with van der Waals surface area (Å²) in [6.07, 6.45) is 2.41. The van der Waals surface area contributed by atoms with Crippen LogP contribution in [0.15, 0.2) is 24.3 Å². The van der Waals surface area contributed by atoms with Crippen LogP contribution in [0, 0.1) is 12.8 Å². The fourth-order valence-corrected chi connectivity index (χ4v) is 2.67. The molecule has 1 aliphatic heterocycles. The van der Waals surface area contributed by atoms with Crippen molar-refractivity contribution in [1.29, 1.82) is 0 Å². The fraction of sp³-hybridized carbons (Fsp3) is 0.625. The van der Waals surface area contributed by atoms with Crippen molar-refractivity contribution in [1.82, 2.24) is 4.90 Å². The Morgan fingerprint density at radius 1 is 1.37 bits per heavy atom. The Balaban J connectivity index is 1.77. The Hall–Kier alpha value is -1.06. The predicted molar refractivity (Wildman–Crippen MR) is 77.5 cm³/mol. The summed E-state index contributed by atoms with van der Waals surface area (Å²) in [6.45, 7) is 7.66. The van der Waals surface area contributed by atoms with Gasteiger partial charge < -0.3 is 9.84 Å². The molecule has 0 spiro atoms. The van der Waals surface area contributed by atoms with E-state index in [2.05, 4.69) is 30.9 Å². The van der Waals surface area contributed by atoms with E-state index in [1.54, 1.807) is 0 Å². The minimum Gasteiger partial charge on any atom is -0.489 e. The molecule has 0 radical (unpaired) electrons. The van der Waals surface area contributed by atoms with Gasteiger partial charge in [-0.25, -0.2) is 0 Å². The van der Waals surface area contributed by atoms with Crippen LogP contribution in [-0.2, 0) is 0 Å². The van der Waals surface area contributed by atoms with Gasteiger partial charge in [-0.15, -0.1) is 0 Å². The molecule has 1 aliphatic rings. The highest BCUT2D eigenvalue weighted by Gasteiger charge is 2.20. The molecule has 1 aromatic rings. The Morgan fingerprint density at radius 3 is 2.74 bits per heavy atom. The number of hydrogen-bond acceptors (Lipinski definition) is 3. The van der Waals surface area contributed by atoms with Crippen LogP contribution in [0.2, 0.25) is 0 Å². The molecule has 1 fully saturated rings. The minimum absolute atomic E-state index is 0.201. The van der Waals surface area contributed by atoms with E-state index in [0.717, 1.165) is 38.2 Å². The molecule has 0 aromatic heterocycles. The molecule has 0 amide bonds. The lowest BCUT2D eigenvalue weighted by Gasteiger charge is -2.32. The van der Waals surface area contributed by atoms with Crippen LogP contribution in [0.5, 0.6) is 5.75 Å². The molecule has 0 saturated carbocycles. The molecule has 1 heterocycles. The SMILES string of the molecule is Cc1cccc(OC(C)CN2CCC(CO)CC2)c1. The van der Waals surface area contributed by atoms with E-state index in [4.69, 9.17) is 9.84 Å². The lowest BCUT2D eigenvalue weighted by atomic mass is 9.98. The molecular formula is C16H25NO2. The van der Waals surface area contributed by atoms with Gasteiger partial charge in [-0.3, -0.25) is 4.90 Å². The summed E-state index contributed by atoms with van der Waals surface area (Å²) in [6, 6.07) is 8.21. The van der Waals surface area contributed by atoms with Crippen LogP contribution in [0.1, 0.15) is 25.3 Å². The van der Waals surface area contributed by atoms with Crippen LogP contribution < -0.4 is 4.74 Å². The summed E-state index contributed by atoms with van der Waals surface area (Å²) in [5.74, 6) is 1.46. The lowest BCUT2D eigenvalue weighted by Crippen LogP contribution is -2.40. The number of likely N-dealkylation sites (tertiary alicyclic amines) is 1. The first-order valence-corrected chi connectivity index (χ1v) is 7.24. The topological polar surface area (TPSA) is 32.7 Å². The summed E-state index contributed by atoms with van der Waals surface area (Å²) >= 11 is 0. The van der Waals surface area contributed by atoms with Crippen molar-refractivity contribution in [2.24, 2.45) is 5.92 Å². The number of aliphatic hydroxyl groups is 1. The predicted octanol–water partition coefficient (Wildman–Crippen LogP) is 2.47. The Labute approximate surface area is 116 Å². The highest BCUT2D eigenvalue weighted by atomic mass is 16.5. The highest BCUT2D eigenvalue weighted by molar-refractivity contribution is 5.27. The minimum atomic E-state index is 0.201. The number of rotatable bonds is 5. The van der Waals surface area contributed by atoms with Gasteiger partial charge in [0, 0.05) is 13.2 Å². The molecule has 3 nitrogen and oxygen atoms in total. The zero-order valence-corrected chi connectivity index (χ0v) is 12.0. The number of benzene rings is 1. The van der Waals surface area contributed by atoms with Gasteiger partial charge >= 0.3 is 0 Å². The van der Waals surface area contributed by atoms with E-state index >= 15 is 0 Å². The molecule has 19 heavy (non-hydrogen) atoms. The number of piperidine rings is 1. The van der Waals surface area contributed by atoms with Crippen molar-refractivity contribution < 1.29 is 9.84 Å². The maximum absolute atomic E-state index is 9.14. The number of aliphatic hydroxyl groups excluding tert-OH is 1. The second-order valence-electron chi connectivity index (χ2n) is 5.67. The molecule has 1 saturated heterocycles. The van der Waals surface area contributed by atoms with Crippen molar-refractivity contribution in [3.05, 3.63) is 29.8 Å². The number of ether oxygens (including phenoxy) is 1. The fourth-order valence-electron chi connectivity index (χ4n) is 2.67. The average Bonchev–Trinajstić information content (AvgIpc) is 2.39. The van der Waals surface area contributed by atoms with Crippen molar-refractivity contribution in [3.8, 4) is 5.75 Å². The second-order valence-corrected chi connectivity index (χ2v) is 5.67. The Kier molecular flexibility index (Phi) is 5.23. The number of nitrogens with zero attached hydrogens (tertiary/aromatic N) is 1. The molecule has 3 heteroatoms. The van der Waals surface area contributed by atoms with E-state index < -0.39 is 0 Å². The zero-order chi connectivity index (χ0) is 13.7. The van der Waals surface area contributed by atoms with Gasteiger partial charge in [0.05, 0.1) is 0 Å². The van der Waals surface area contributed by atoms with Gasteiger partial charge in [0.15, 0.2) is 0 Å². The Bertz CT molecular complexity index is 386. The lowest BCUT2D eigenvalue weighted by molar-refractivity contribution is 0.0942. The van der Waals surface area contributed by atoms with Crippen LogP contribution in [0.3, 0.4) is 0 Å². The summed E-state index contributed by atoms with van der Waals surface area (Å²) < 4.78 is 5.96. The molecule has 1 aromatic carbocycles. The van der Waals surface area contributed by atoms with E-state index in [9.17, 15) is 0 Å². The summed E-state index contributed by atoms with van der Waals surface area (Å²) in [5, 5.41) is 9.14. The van der Waals surface area contributed by atoms with Gasteiger partial charge in [0.25, 0.3) is 0 Å². The van der Waals surface area contributed by atoms with Gasteiger partial charge in [0.1, 0.15) is 11.9 Å². The third kappa shape index (κ3) is 4.51. The molecule has 1 atom stereocenters. The van der Waals surface area contributed by atoms with Crippen molar-refractivity contribution in [2.45, 2.75) is 32.8 Å². The van der Waals surface area contributed by atoms with E-state index in [-0.39, 0.29) is 6.10 Å². The zero-order valence-electron chi connectivity index (χ0n) is 12.0. The largest absolute Gasteiger partial charge is 0.489 e. The van der Waals surface area contributed by atoms with Crippen molar-refractivity contribution in [2.75, 3.05) is 26.2 Å². The van der Waals surface area contributed by atoms with E-state index in [1.807, 2.05) is 12.1 Å². The van der Waals surface area contributed by atoms with Crippen molar-refractivity contribution >= 4 is 0 Å². The van der Waals surface area contributed by atoms with Gasteiger partial charge in [0.2, 0.25) is 0 Å². The smallest absolute Gasteiger partial charge is 0.120 e. The third-order valence-corrected chi connectivity index (χ3v) is 3.81. The van der Waals surface area contributed by atoms with Gasteiger partial charge in [-0.05, 0) is 63.4 Å². The average molecular weight is 263 g/mol. The van der Waals surface area contributed by atoms with Gasteiger partial charge in [-0.2, -0.15) is 0 Å². The van der Waals surface area contributed by atoms with Crippen LogP contribution >= 0.6 is 0 Å². The molecule has 106 valence electrons. The molecule has 1 unspecified atom stereocenters. The van der Waals surface area contributed by atoms with Crippen molar-refractivity contribution in [3.63, 3.8) is 0 Å². The molecule has 1 N–H and O–H groups in total. The highest BCUT2D eigenvalue weighted by Crippen LogP contribution is 2.18. The molecule has 0 aliphatic carbocycles. The monoisotopic (exact) mass is 263 g/mol. The number of hydrogen-bond donors (Lipinski definition) is 1. The molecular weight excluding hydrogens is 238 g/mol. The normalized spacial score (nSPS) is 19.3. The first kappa shape index (κ1) is 14.4. The standard InChI is InChI=1S/C16H25NO2/c1-13-4-3-5-16(10-13)19-14(2)11-17-8-6-15(12-18)7-9-17/h3-5,10,14-15,18H,6-9,11-12H2,1-2H3. The molecule has 2 rings (SSSR count). The van der Waals surface area contributed by atoms with Crippen LogP contribution in [-0.4, -0.2) is 42.4 Å². The van der Waals surface area contributed by atoms with Crippen LogP contribution in [0.25, 0.3) is 0 Å². The van der Waals surface area contributed by atoms with E-state index in [1.165, 1.54) is 5.56 Å². The Morgan fingerprint density at radius 2 is 2.11 bits per heavy atom. The first-order valence-electron chi connectivity index (χ1n) is 7.24. The summed E-state index contributed by atoms with van der Waals surface area (Å²) in [7, 11) is 0. The number of aryl methyl sites for hydroxylation is 1. The second kappa shape index (κ2) is 6.92. The van der Waals surface area contributed by atoms with Gasteiger partial charge in [-0.1, -0.05) is 12.1 Å².